The lowest BCUT2D eigenvalue weighted by atomic mass is 9.88. The molecule has 1 fully saturated rings. The van der Waals surface area contributed by atoms with E-state index in [0.29, 0.717) is 41.8 Å². The van der Waals surface area contributed by atoms with Crippen LogP contribution >= 0.6 is 11.8 Å². The first-order valence-corrected chi connectivity index (χ1v) is 18.0. The van der Waals surface area contributed by atoms with E-state index in [4.69, 9.17) is 14.2 Å². The Morgan fingerprint density at radius 1 is 1.12 bits per heavy atom. The Labute approximate surface area is 324 Å². The molecule has 0 spiro atoms. The Balaban J connectivity index is 1.37. The van der Waals surface area contributed by atoms with Gasteiger partial charge in [0.25, 0.3) is 6.43 Å². The molecule has 17 nitrogen and oxygen atoms in total. The number of nitrogens with zero attached hydrogens (tertiary/aromatic N) is 6. The van der Waals surface area contributed by atoms with Gasteiger partial charge in [-0.05, 0) is 36.8 Å². The minimum atomic E-state index is -4.51. The van der Waals surface area contributed by atoms with Crippen molar-refractivity contribution < 1.29 is 71.3 Å². The third-order valence-electron chi connectivity index (χ3n) is 8.76. The summed E-state index contributed by atoms with van der Waals surface area (Å²) < 4.78 is 87.6. The summed E-state index contributed by atoms with van der Waals surface area (Å²) >= 11 is 1.18. The first kappa shape index (κ1) is 43.3. The Morgan fingerprint density at radius 2 is 1.84 bits per heavy atom. The van der Waals surface area contributed by atoms with Crippen molar-refractivity contribution in [2.75, 3.05) is 20.3 Å². The summed E-state index contributed by atoms with van der Waals surface area (Å²) in [6, 6.07) is 6.20. The van der Waals surface area contributed by atoms with Crippen molar-refractivity contribution in [2.45, 2.75) is 86.1 Å². The van der Waals surface area contributed by atoms with Crippen molar-refractivity contribution in [2.24, 2.45) is 0 Å². The fraction of sp³-hybridized carbons (Fsp3) is 0.471. The summed E-state index contributed by atoms with van der Waals surface area (Å²) in [6.07, 6.45) is -14.4. The number of hydrogen-bond acceptors (Lipinski definition) is 14. The van der Waals surface area contributed by atoms with Crippen molar-refractivity contribution in [3.63, 3.8) is 0 Å². The summed E-state index contributed by atoms with van der Waals surface area (Å²) in [6.45, 7) is 0.793. The van der Waals surface area contributed by atoms with E-state index in [2.05, 4.69) is 25.8 Å². The van der Waals surface area contributed by atoms with Gasteiger partial charge in [0.1, 0.15) is 24.1 Å². The van der Waals surface area contributed by atoms with Crippen LogP contribution in [0.4, 0.5) is 22.0 Å². The van der Waals surface area contributed by atoms with Crippen LogP contribution in [0.3, 0.4) is 0 Å². The monoisotopic (exact) mass is 831 g/mol. The van der Waals surface area contributed by atoms with Gasteiger partial charge >= 0.3 is 17.9 Å². The molecule has 23 heteroatoms. The molecule has 0 saturated carbocycles. The number of carboxylic acids is 1. The number of aliphatic hydroxyl groups excluding tert-OH is 4. The number of thioether (sulfide) groups is 1. The van der Waals surface area contributed by atoms with Crippen molar-refractivity contribution in [3.05, 3.63) is 65.5 Å². The van der Waals surface area contributed by atoms with Crippen LogP contribution in [0.15, 0.2) is 53.8 Å². The SMILES string of the molecule is COCCCn1c(SCc2cn(-c3ccc(O[C@]4(C(=O)O)C[C@H](O)[C@@H](NC(C)=O)[C@H]([C@H](O)[C@H](O)CO)O4)c(C(F)F)c3)nn2)nnc1-c1ccc(C(F)(F)F)cc1. The van der Waals surface area contributed by atoms with Crippen LogP contribution < -0.4 is 10.1 Å². The molecular weight excluding hydrogens is 793 g/mol. The summed E-state index contributed by atoms with van der Waals surface area (Å²) in [5.74, 6) is -5.76. The van der Waals surface area contributed by atoms with Gasteiger partial charge in [0.05, 0.1) is 53.9 Å². The van der Waals surface area contributed by atoms with Gasteiger partial charge in [-0.3, -0.25) is 4.79 Å². The zero-order valence-electron chi connectivity index (χ0n) is 30.1. The van der Waals surface area contributed by atoms with E-state index in [1.165, 1.54) is 43.3 Å². The molecule has 6 N–H and O–H groups in total. The molecule has 310 valence electrons. The number of nitrogens with one attached hydrogen (secondary N) is 1. The molecule has 1 aliphatic heterocycles. The summed E-state index contributed by atoms with van der Waals surface area (Å²) in [7, 11) is 1.52. The smallest absolute Gasteiger partial charge is 0.416 e. The number of carboxylic acid groups (broad SMARTS) is 1. The van der Waals surface area contributed by atoms with Gasteiger partial charge in [0, 0.05) is 38.5 Å². The van der Waals surface area contributed by atoms with Crippen LogP contribution in [0.1, 0.15) is 43.0 Å². The van der Waals surface area contributed by atoms with Gasteiger partial charge in [-0.15, -0.1) is 15.3 Å². The van der Waals surface area contributed by atoms with Crippen LogP contribution in [0.2, 0.25) is 0 Å². The largest absolute Gasteiger partial charge is 0.476 e. The number of carbonyl (C=O) groups excluding carboxylic acids is 1. The second kappa shape index (κ2) is 18.2. The molecule has 3 heterocycles. The molecule has 4 aromatic rings. The number of hydrogen-bond donors (Lipinski definition) is 6. The normalized spacial score (nSPS) is 21.0. The zero-order chi connectivity index (χ0) is 41.7. The van der Waals surface area contributed by atoms with Crippen molar-refractivity contribution in [3.8, 4) is 22.8 Å². The number of benzene rings is 2. The number of aliphatic hydroxyl groups is 4. The minimum Gasteiger partial charge on any atom is -0.476 e. The fourth-order valence-corrected chi connectivity index (χ4v) is 6.81. The van der Waals surface area contributed by atoms with Crippen LogP contribution in [-0.2, 0) is 37.5 Å². The van der Waals surface area contributed by atoms with E-state index < -0.39 is 90.6 Å². The van der Waals surface area contributed by atoms with E-state index >= 15 is 0 Å². The minimum absolute atomic E-state index is 0.0489. The van der Waals surface area contributed by atoms with Crippen LogP contribution in [0.5, 0.6) is 5.75 Å². The van der Waals surface area contributed by atoms with Gasteiger partial charge in [0.15, 0.2) is 11.0 Å². The quantitative estimate of drug-likeness (QED) is 0.0509. The molecule has 1 aliphatic rings. The third kappa shape index (κ3) is 10.0. The lowest BCUT2D eigenvalue weighted by Crippen LogP contribution is -2.68. The second-order valence-electron chi connectivity index (χ2n) is 12.8. The van der Waals surface area contributed by atoms with E-state index in [-0.39, 0.29) is 11.4 Å². The Hall–Kier alpha value is -4.78. The van der Waals surface area contributed by atoms with Gasteiger partial charge in [-0.25, -0.2) is 18.3 Å². The van der Waals surface area contributed by atoms with E-state index in [1.807, 2.05) is 0 Å². The predicted molar refractivity (Wildman–Crippen MR) is 186 cm³/mol. The number of halogens is 5. The Bertz CT molecular complexity index is 2000. The van der Waals surface area contributed by atoms with Crippen molar-refractivity contribution in [1.29, 1.82) is 0 Å². The zero-order valence-corrected chi connectivity index (χ0v) is 30.9. The number of amides is 1. The summed E-state index contributed by atoms with van der Waals surface area (Å²) in [4.78, 5) is 24.4. The number of aliphatic carboxylic acids is 1. The van der Waals surface area contributed by atoms with Gasteiger partial charge in [0.2, 0.25) is 5.91 Å². The van der Waals surface area contributed by atoms with Crippen LogP contribution in [0.25, 0.3) is 17.1 Å². The van der Waals surface area contributed by atoms with Gasteiger partial charge in [-0.1, -0.05) is 29.1 Å². The third-order valence-corrected chi connectivity index (χ3v) is 9.76. The lowest BCUT2D eigenvalue weighted by molar-refractivity contribution is -0.284. The topological polar surface area (TPSA) is 236 Å². The van der Waals surface area contributed by atoms with Gasteiger partial charge in [-0.2, -0.15) is 13.2 Å². The molecule has 6 atom stereocenters. The van der Waals surface area contributed by atoms with Crippen molar-refractivity contribution in [1.82, 2.24) is 35.1 Å². The van der Waals surface area contributed by atoms with Crippen LogP contribution in [-0.4, -0.2) is 124 Å². The number of rotatable bonds is 17. The number of aromatic nitrogens is 6. The highest BCUT2D eigenvalue weighted by molar-refractivity contribution is 7.98. The first-order valence-electron chi connectivity index (χ1n) is 17.1. The maximum atomic E-state index is 14.5. The highest BCUT2D eigenvalue weighted by Crippen LogP contribution is 2.39. The Kier molecular flexibility index (Phi) is 13.8. The molecule has 0 bridgehead atoms. The maximum Gasteiger partial charge on any atom is 0.416 e. The molecule has 1 amide bonds. The molecule has 57 heavy (non-hydrogen) atoms. The Morgan fingerprint density at radius 3 is 2.46 bits per heavy atom. The number of alkyl halides is 5. The van der Waals surface area contributed by atoms with Gasteiger partial charge < -0.3 is 49.6 Å². The molecule has 0 unspecified atom stereocenters. The molecular formula is C34H38F5N7O10S. The predicted octanol–water partition coefficient (Wildman–Crippen LogP) is 2.34. The molecule has 0 aliphatic carbocycles. The average molecular weight is 832 g/mol. The number of methoxy groups -OCH3 is 1. The molecule has 5 rings (SSSR count). The van der Waals surface area contributed by atoms with E-state index in [0.717, 1.165) is 35.9 Å². The number of carbonyl (C=O) groups is 2. The summed E-state index contributed by atoms with van der Waals surface area (Å²) in [5.41, 5.74) is -0.829. The molecule has 0 radical (unpaired) electrons. The van der Waals surface area contributed by atoms with Crippen molar-refractivity contribution >= 4 is 23.6 Å². The summed E-state index contributed by atoms with van der Waals surface area (Å²) in [5, 5.41) is 70.3. The molecule has 1 saturated heterocycles. The highest BCUT2D eigenvalue weighted by Gasteiger charge is 2.57. The van der Waals surface area contributed by atoms with E-state index in [9.17, 15) is 57.1 Å². The van der Waals surface area contributed by atoms with E-state index in [1.54, 1.807) is 4.57 Å². The molecule has 2 aromatic carbocycles. The first-order chi connectivity index (χ1) is 27.0. The van der Waals surface area contributed by atoms with Crippen LogP contribution in [0, 0.1) is 0 Å². The standard InChI is InChI=1S/C34H38F5N7O10S/c1-17(48)40-26-23(49)13-33(31(52)53,56-28(26)27(51)24(50)15-47)55-25-9-8-21(12-22(25)29(35)36)46-14-20(41-44-46)16-57-32-43-42-30(45(32)10-3-11-54-2)18-4-6-19(7-5-18)34(37,38)39/h4-9,12,14,23-24,26-29,47,49-51H,3,10-11,13,15-16H2,1-2H3,(H,40,48)(H,52,53)/t23-,24+,26+,27+,28+,33+/m0/s1. The maximum absolute atomic E-state index is 14.5. The fourth-order valence-electron chi connectivity index (χ4n) is 5.97. The average Bonchev–Trinajstić information content (AvgIpc) is 3.81. The molecule has 2 aromatic heterocycles. The highest BCUT2D eigenvalue weighted by atomic mass is 32.2. The number of ether oxygens (including phenoxy) is 3. The second-order valence-corrected chi connectivity index (χ2v) is 13.8. The lowest BCUT2D eigenvalue weighted by Gasteiger charge is -2.46.